The van der Waals surface area contributed by atoms with Gasteiger partial charge < -0.3 is 5.11 Å². The highest BCUT2D eigenvalue weighted by Crippen LogP contribution is 2.13. The molecule has 0 fully saturated rings. The number of carbonyl (C=O) groups excluding carboxylic acids is 1. The van der Waals surface area contributed by atoms with Gasteiger partial charge in [0.2, 0.25) is 5.82 Å². The summed E-state index contributed by atoms with van der Waals surface area (Å²) in [5, 5.41) is 8.96. The average molecular weight is 219 g/mol. The van der Waals surface area contributed by atoms with E-state index >= 15 is 0 Å². The molecule has 6 heteroatoms. The quantitative estimate of drug-likeness (QED) is 0.822. The first-order valence-corrected chi connectivity index (χ1v) is 4.63. The maximum atomic E-state index is 11.1. The molecule has 0 unspecified atom stereocenters. The van der Waals surface area contributed by atoms with E-state index in [4.69, 9.17) is 5.11 Å². The van der Waals surface area contributed by atoms with Crippen LogP contribution in [-0.4, -0.2) is 31.4 Å². The van der Waals surface area contributed by atoms with Crippen molar-refractivity contribution in [2.24, 2.45) is 0 Å². The number of carboxylic acids is 1. The summed E-state index contributed by atoms with van der Waals surface area (Å²) in [4.78, 5) is 29.9. The minimum Gasteiger partial charge on any atom is -0.475 e. The molecule has 0 atom stereocenters. The number of nitrogens with zero attached hydrogens (tertiary/aromatic N) is 3. The molecule has 2 heterocycles. The van der Waals surface area contributed by atoms with E-state index in [-0.39, 0.29) is 18.2 Å². The van der Waals surface area contributed by atoms with Crippen LogP contribution in [0.3, 0.4) is 0 Å². The van der Waals surface area contributed by atoms with Gasteiger partial charge in [0.05, 0.1) is 6.54 Å². The fraction of sp³-hybridized carbons (Fsp3) is 0.200. The van der Waals surface area contributed by atoms with Crippen LogP contribution in [0.1, 0.15) is 17.5 Å². The normalized spacial score (nSPS) is 10.6. The lowest BCUT2D eigenvalue weighted by atomic mass is 10.4. The van der Waals surface area contributed by atoms with Crippen LogP contribution in [0.15, 0.2) is 18.3 Å². The Hall–Kier alpha value is -2.24. The summed E-state index contributed by atoms with van der Waals surface area (Å²) in [7, 11) is 0. The number of hydrogen-bond acceptors (Lipinski definition) is 4. The van der Waals surface area contributed by atoms with Crippen molar-refractivity contribution in [2.45, 2.75) is 13.5 Å². The van der Waals surface area contributed by atoms with E-state index in [0.29, 0.717) is 11.2 Å². The number of hydrogen-bond donors (Lipinski definition) is 1. The van der Waals surface area contributed by atoms with Gasteiger partial charge >= 0.3 is 5.97 Å². The van der Waals surface area contributed by atoms with Gasteiger partial charge in [0, 0.05) is 6.20 Å². The van der Waals surface area contributed by atoms with Crippen LogP contribution in [0.25, 0.3) is 11.2 Å². The molecule has 82 valence electrons. The number of carboxylic acid groups (broad SMARTS) is 1. The fourth-order valence-corrected chi connectivity index (χ4v) is 1.49. The number of aromatic carboxylic acids is 1. The first-order chi connectivity index (χ1) is 7.59. The molecule has 0 radical (unpaired) electrons. The first kappa shape index (κ1) is 10.3. The molecule has 2 aromatic heterocycles. The smallest absolute Gasteiger partial charge is 0.372 e. The molecule has 0 saturated heterocycles. The molecule has 0 saturated carbocycles. The zero-order valence-corrected chi connectivity index (χ0v) is 8.54. The Labute approximate surface area is 90.5 Å². The topological polar surface area (TPSA) is 85.1 Å². The second-order valence-corrected chi connectivity index (χ2v) is 3.37. The van der Waals surface area contributed by atoms with Crippen LogP contribution in [0.5, 0.6) is 0 Å². The van der Waals surface area contributed by atoms with Gasteiger partial charge in [-0.25, -0.2) is 14.8 Å². The molecule has 0 aromatic carbocycles. The van der Waals surface area contributed by atoms with Crippen molar-refractivity contribution in [3.63, 3.8) is 0 Å². The molecule has 0 bridgehead atoms. The minimum atomic E-state index is -1.17. The lowest BCUT2D eigenvalue weighted by molar-refractivity contribution is -0.117. The molecule has 2 aromatic rings. The predicted molar refractivity (Wildman–Crippen MR) is 55.2 cm³/mol. The number of ketones is 1. The molecule has 0 aliphatic heterocycles. The Balaban J connectivity index is 2.69. The third kappa shape index (κ3) is 1.65. The SMILES string of the molecule is CC(=O)Cn1c(C(=O)O)nc2cccnc21. The third-order valence-electron chi connectivity index (χ3n) is 2.08. The van der Waals surface area contributed by atoms with Gasteiger partial charge in [0.25, 0.3) is 0 Å². The molecule has 16 heavy (non-hydrogen) atoms. The summed E-state index contributed by atoms with van der Waals surface area (Å²) in [5.41, 5.74) is 0.885. The first-order valence-electron chi connectivity index (χ1n) is 4.63. The highest BCUT2D eigenvalue weighted by molar-refractivity contribution is 5.90. The zero-order chi connectivity index (χ0) is 11.7. The largest absolute Gasteiger partial charge is 0.475 e. The van der Waals surface area contributed by atoms with Crippen molar-refractivity contribution in [2.75, 3.05) is 0 Å². The van der Waals surface area contributed by atoms with Crippen LogP contribution in [0.2, 0.25) is 0 Å². The van der Waals surface area contributed by atoms with E-state index in [2.05, 4.69) is 9.97 Å². The molecule has 0 amide bonds. The lowest BCUT2D eigenvalue weighted by Gasteiger charge is -2.01. The van der Waals surface area contributed by atoms with Crippen molar-refractivity contribution in [3.8, 4) is 0 Å². The molecule has 6 nitrogen and oxygen atoms in total. The number of rotatable bonds is 3. The monoisotopic (exact) mass is 219 g/mol. The van der Waals surface area contributed by atoms with Gasteiger partial charge in [-0.2, -0.15) is 0 Å². The third-order valence-corrected chi connectivity index (χ3v) is 2.08. The molecule has 1 N–H and O–H groups in total. The van der Waals surface area contributed by atoms with Crippen molar-refractivity contribution >= 4 is 22.9 Å². The summed E-state index contributed by atoms with van der Waals surface area (Å²) in [5.74, 6) is -1.48. The van der Waals surface area contributed by atoms with E-state index in [1.54, 1.807) is 12.1 Å². The van der Waals surface area contributed by atoms with Gasteiger partial charge in [0.1, 0.15) is 11.3 Å². The van der Waals surface area contributed by atoms with Crippen molar-refractivity contribution in [1.82, 2.24) is 14.5 Å². The van der Waals surface area contributed by atoms with E-state index in [9.17, 15) is 9.59 Å². The molecule has 0 aliphatic rings. The number of fused-ring (bicyclic) bond motifs is 1. The highest BCUT2D eigenvalue weighted by Gasteiger charge is 2.17. The van der Waals surface area contributed by atoms with Crippen molar-refractivity contribution in [1.29, 1.82) is 0 Å². The minimum absolute atomic E-state index is 0.0326. The number of carbonyl (C=O) groups is 2. The Kier molecular flexibility index (Phi) is 2.40. The number of pyridine rings is 1. The summed E-state index contributed by atoms with van der Waals surface area (Å²) < 4.78 is 1.31. The van der Waals surface area contributed by atoms with Crippen LogP contribution in [-0.2, 0) is 11.3 Å². The second kappa shape index (κ2) is 3.73. The van der Waals surface area contributed by atoms with Crippen LogP contribution in [0, 0.1) is 0 Å². The van der Waals surface area contributed by atoms with Gasteiger partial charge in [-0.05, 0) is 19.1 Å². The summed E-state index contributed by atoms with van der Waals surface area (Å²) >= 11 is 0. The Bertz CT molecular complexity index is 574. The van der Waals surface area contributed by atoms with Crippen LogP contribution in [0.4, 0.5) is 0 Å². The number of aromatic nitrogens is 3. The van der Waals surface area contributed by atoms with E-state index < -0.39 is 5.97 Å². The van der Waals surface area contributed by atoms with Crippen molar-refractivity contribution in [3.05, 3.63) is 24.2 Å². The Morgan fingerprint density at radius 3 is 2.88 bits per heavy atom. The molecule has 0 aliphatic carbocycles. The Morgan fingerprint density at radius 2 is 2.25 bits per heavy atom. The van der Waals surface area contributed by atoms with Crippen molar-refractivity contribution < 1.29 is 14.7 Å². The summed E-state index contributed by atoms with van der Waals surface area (Å²) in [6, 6.07) is 3.32. The van der Waals surface area contributed by atoms with E-state index in [0.717, 1.165) is 0 Å². The molecular formula is C10H9N3O3. The predicted octanol–water partition coefficient (Wildman–Crippen LogP) is 0.719. The summed E-state index contributed by atoms with van der Waals surface area (Å²) in [6.45, 7) is 1.36. The van der Waals surface area contributed by atoms with E-state index in [1.165, 1.54) is 17.7 Å². The maximum absolute atomic E-state index is 11.1. The second-order valence-electron chi connectivity index (χ2n) is 3.37. The van der Waals surface area contributed by atoms with Gasteiger partial charge in [-0.1, -0.05) is 0 Å². The molecular weight excluding hydrogens is 210 g/mol. The number of Topliss-reactive ketones (excluding diaryl/α,β-unsaturated/α-hetero) is 1. The lowest BCUT2D eigenvalue weighted by Crippen LogP contribution is -2.14. The highest BCUT2D eigenvalue weighted by atomic mass is 16.4. The summed E-state index contributed by atoms with van der Waals surface area (Å²) in [6.07, 6.45) is 1.53. The van der Waals surface area contributed by atoms with Gasteiger partial charge in [-0.15, -0.1) is 0 Å². The molecule has 0 spiro atoms. The maximum Gasteiger partial charge on any atom is 0.372 e. The average Bonchev–Trinajstić information content (AvgIpc) is 2.57. The van der Waals surface area contributed by atoms with Gasteiger partial charge in [-0.3, -0.25) is 9.36 Å². The van der Waals surface area contributed by atoms with Gasteiger partial charge in [0.15, 0.2) is 5.65 Å². The zero-order valence-electron chi connectivity index (χ0n) is 8.54. The van der Waals surface area contributed by atoms with Crippen LogP contribution >= 0.6 is 0 Å². The fourth-order valence-electron chi connectivity index (χ4n) is 1.49. The standard InChI is InChI=1S/C10H9N3O3/c1-6(14)5-13-8-7(3-2-4-11-8)12-9(13)10(15)16/h2-4H,5H2,1H3,(H,15,16). The van der Waals surface area contributed by atoms with Crippen LogP contribution < -0.4 is 0 Å². The Morgan fingerprint density at radius 1 is 1.50 bits per heavy atom. The number of imidazole rings is 1. The molecule has 2 rings (SSSR count). The van der Waals surface area contributed by atoms with E-state index in [1.807, 2.05) is 0 Å².